The van der Waals surface area contributed by atoms with Crippen LogP contribution in [0.1, 0.15) is 37.0 Å². The van der Waals surface area contributed by atoms with E-state index in [1.807, 2.05) is 30.3 Å². The second-order valence-corrected chi connectivity index (χ2v) is 9.46. The molecule has 1 unspecified atom stereocenters. The summed E-state index contributed by atoms with van der Waals surface area (Å²) in [5.41, 5.74) is 0.802. The van der Waals surface area contributed by atoms with E-state index in [9.17, 15) is 18.0 Å². The lowest BCUT2D eigenvalue weighted by Gasteiger charge is -2.33. The summed E-state index contributed by atoms with van der Waals surface area (Å²) >= 11 is 0. The van der Waals surface area contributed by atoms with Gasteiger partial charge in [0.05, 0.1) is 11.0 Å². The number of hydrogen-bond acceptors (Lipinski definition) is 4. The number of carbonyl (C=O) groups excluding carboxylic acids is 2. The number of amides is 2. The van der Waals surface area contributed by atoms with Crippen molar-refractivity contribution in [3.63, 3.8) is 0 Å². The third kappa shape index (κ3) is 4.09. The lowest BCUT2D eigenvalue weighted by Crippen LogP contribution is -2.44. The predicted octanol–water partition coefficient (Wildman–Crippen LogP) is 1.63. The Bertz CT molecular complexity index is 755. The third-order valence-corrected chi connectivity index (χ3v) is 7.64. The number of hydrogen-bond donors (Lipinski definition) is 0. The minimum atomic E-state index is -3.28. The minimum absolute atomic E-state index is 0.00456. The molecule has 26 heavy (non-hydrogen) atoms. The van der Waals surface area contributed by atoms with Gasteiger partial charge in [-0.05, 0) is 24.8 Å². The van der Waals surface area contributed by atoms with Crippen LogP contribution in [0.3, 0.4) is 0 Å². The summed E-state index contributed by atoms with van der Waals surface area (Å²) in [7, 11) is -3.28. The Morgan fingerprint density at radius 1 is 0.923 bits per heavy atom. The Morgan fingerprint density at radius 2 is 1.54 bits per heavy atom. The molecule has 1 aromatic rings. The van der Waals surface area contributed by atoms with Crippen LogP contribution in [0.4, 0.5) is 0 Å². The van der Waals surface area contributed by atoms with Crippen LogP contribution >= 0.6 is 0 Å². The molecule has 2 aliphatic heterocycles. The summed E-state index contributed by atoms with van der Waals surface area (Å²) in [6, 6.07) is 9.26. The van der Waals surface area contributed by atoms with Crippen molar-refractivity contribution in [1.82, 2.24) is 9.80 Å². The zero-order chi connectivity index (χ0) is 18.7. The fourth-order valence-electron chi connectivity index (χ4n) is 3.91. The van der Waals surface area contributed by atoms with E-state index >= 15 is 0 Å². The monoisotopic (exact) mass is 378 g/mol. The average molecular weight is 378 g/mol. The van der Waals surface area contributed by atoms with Gasteiger partial charge in [0, 0.05) is 39.0 Å². The first-order valence-electron chi connectivity index (χ1n) is 9.19. The first-order chi connectivity index (χ1) is 12.4. The van der Waals surface area contributed by atoms with Gasteiger partial charge < -0.3 is 9.80 Å². The van der Waals surface area contributed by atoms with Gasteiger partial charge in [0.1, 0.15) is 0 Å². The van der Waals surface area contributed by atoms with Crippen molar-refractivity contribution in [2.75, 3.05) is 31.9 Å². The molecule has 0 saturated carbocycles. The summed E-state index contributed by atoms with van der Waals surface area (Å²) < 4.78 is 25.4. The van der Waals surface area contributed by atoms with E-state index in [2.05, 4.69) is 0 Å². The van der Waals surface area contributed by atoms with Gasteiger partial charge in [0.2, 0.25) is 11.8 Å². The Labute approximate surface area is 155 Å². The average Bonchev–Trinajstić information content (AvgIpc) is 2.80. The molecule has 0 bridgehead atoms. The molecule has 0 N–H and O–H groups in total. The lowest BCUT2D eigenvalue weighted by molar-refractivity contribution is -0.139. The van der Waals surface area contributed by atoms with E-state index < -0.39 is 15.1 Å². The molecule has 1 atom stereocenters. The van der Waals surface area contributed by atoms with Gasteiger partial charge in [-0.3, -0.25) is 9.59 Å². The molecule has 7 heteroatoms. The van der Waals surface area contributed by atoms with Crippen molar-refractivity contribution in [2.24, 2.45) is 5.92 Å². The summed E-state index contributed by atoms with van der Waals surface area (Å²) in [5.74, 6) is -0.0221. The minimum Gasteiger partial charge on any atom is -0.343 e. The summed E-state index contributed by atoms with van der Waals surface area (Å²) in [4.78, 5) is 27.8. The Kier molecular flexibility index (Phi) is 5.65. The van der Waals surface area contributed by atoms with Crippen molar-refractivity contribution in [2.45, 2.75) is 31.4 Å². The van der Waals surface area contributed by atoms with Crippen LogP contribution in [0.2, 0.25) is 0 Å². The van der Waals surface area contributed by atoms with Crippen LogP contribution in [-0.4, -0.2) is 62.0 Å². The van der Waals surface area contributed by atoms with Gasteiger partial charge >= 0.3 is 0 Å². The molecule has 6 nitrogen and oxygen atoms in total. The largest absolute Gasteiger partial charge is 0.343 e. The number of sulfone groups is 1. The second-order valence-electron chi connectivity index (χ2n) is 7.16. The summed E-state index contributed by atoms with van der Waals surface area (Å²) in [6.07, 6.45) is 1.75. The fourth-order valence-corrected chi connectivity index (χ4v) is 5.70. The molecule has 2 aliphatic rings. The quantitative estimate of drug-likeness (QED) is 0.784. The van der Waals surface area contributed by atoms with Crippen LogP contribution in [0.15, 0.2) is 30.3 Å². The normalized spacial score (nSPS) is 24.1. The molecular formula is C19H26N2O4S. The van der Waals surface area contributed by atoms with E-state index in [0.717, 1.165) is 5.56 Å². The van der Waals surface area contributed by atoms with Crippen molar-refractivity contribution >= 4 is 21.7 Å². The van der Waals surface area contributed by atoms with Crippen molar-refractivity contribution < 1.29 is 18.0 Å². The standard InChI is InChI=1S/C19H26N2O4S/c1-15(22)20-10-7-17(8-11-20)19(23)21-12-9-18(26(24,25)14-13-21)16-5-3-2-4-6-16/h2-6,17-18H,7-14H2,1H3. The van der Waals surface area contributed by atoms with E-state index in [4.69, 9.17) is 0 Å². The zero-order valence-corrected chi connectivity index (χ0v) is 16.0. The second kappa shape index (κ2) is 7.78. The molecule has 1 aromatic carbocycles. The van der Waals surface area contributed by atoms with Crippen molar-refractivity contribution in [3.8, 4) is 0 Å². The Balaban J connectivity index is 1.66. The number of rotatable bonds is 2. The lowest BCUT2D eigenvalue weighted by atomic mass is 9.95. The van der Waals surface area contributed by atoms with Crippen LogP contribution in [0.5, 0.6) is 0 Å². The highest BCUT2D eigenvalue weighted by molar-refractivity contribution is 7.91. The van der Waals surface area contributed by atoms with Gasteiger partial charge in [0.25, 0.3) is 0 Å². The van der Waals surface area contributed by atoms with Gasteiger partial charge in [0.15, 0.2) is 9.84 Å². The molecule has 0 spiro atoms. The van der Waals surface area contributed by atoms with Gasteiger partial charge in [-0.15, -0.1) is 0 Å². The maximum absolute atomic E-state index is 12.9. The molecular weight excluding hydrogens is 352 g/mol. The number of likely N-dealkylation sites (tertiary alicyclic amines) is 1. The van der Waals surface area contributed by atoms with Gasteiger partial charge in [-0.1, -0.05) is 30.3 Å². The van der Waals surface area contributed by atoms with Crippen LogP contribution in [0.25, 0.3) is 0 Å². The number of piperidine rings is 1. The molecule has 142 valence electrons. The molecule has 0 radical (unpaired) electrons. The first-order valence-corrected chi connectivity index (χ1v) is 10.9. The molecule has 0 aliphatic carbocycles. The molecule has 2 amide bonds. The topological polar surface area (TPSA) is 74.8 Å². The molecule has 2 fully saturated rings. The molecule has 3 rings (SSSR count). The van der Waals surface area contributed by atoms with Crippen LogP contribution in [0, 0.1) is 5.92 Å². The smallest absolute Gasteiger partial charge is 0.225 e. The van der Waals surface area contributed by atoms with Crippen molar-refractivity contribution in [3.05, 3.63) is 35.9 Å². The SMILES string of the molecule is CC(=O)N1CCC(C(=O)N2CCC(c3ccccc3)S(=O)(=O)CC2)CC1. The maximum Gasteiger partial charge on any atom is 0.225 e. The van der Waals surface area contributed by atoms with E-state index in [1.165, 1.54) is 0 Å². The zero-order valence-electron chi connectivity index (χ0n) is 15.1. The van der Waals surface area contributed by atoms with Crippen LogP contribution in [-0.2, 0) is 19.4 Å². The van der Waals surface area contributed by atoms with Crippen LogP contribution < -0.4 is 0 Å². The van der Waals surface area contributed by atoms with Gasteiger partial charge in [-0.2, -0.15) is 0 Å². The number of benzene rings is 1. The molecule has 2 heterocycles. The van der Waals surface area contributed by atoms with Crippen molar-refractivity contribution in [1.29, 1.82) is 0 Å². The van der Waals surface area contributed by atoms with E-state index in [0.29, 0.717) is 38.9 Å². The highest BCUT2D eigenvalue weighted by Crippen LogP contribution is 2.30. The maximum atomic E-state index is 12.9. The highest BCUT2D eigenvalue weighted by Gasteiger charge is 2.35. The fraction of sp³-hybridized carbons (Fsp3) is 0.579. The van der Waals surface area contributed by atoms with Gasteiger partial charge in [-0.25, -0.2) is 8.42 Å². The number of nitrogens with zero attached hydrogens (tertiary/aromatic N) is 2. The summed E-state index contributed by atoms with van der Waals surface area (Å²) in [6.45, 7) is 3.47. The van der Waals surface area contributed by atoms with E-state index in [-0.39, 0.29) is 30.0 Å². The number of carbonyl (C=O) groups is 2. The Morgan fingerprint density at radius 3 is 2.15 bits per heavy atom. The molecule has 0 aromatic heterocycles. The first kappa shape index (κ1) is 18.9. The highest BCUT2D eigenvalue weighted by atomic mass is 32.2. The third-order valence-electron chi connectivity index (χ3n) is 5.51. The Hall–Kier alpha value is -1.89. The molecule has 2 saturated heterocycles. The van der Waals surface area contributed by atoms with E-state index in [1.54, 1.807) is 16.7 Å². The predicted molar refractivity (Wildman–Crippen MR) is 99.1 cm³/mol. The summed E-state index contributed by atoms with van der Waals surface area (Å²) in [5, 5.41) is -0.541.